The molecule has 1 aromatic carbocycles. The summed E-state index contributed by atoms with van der Waals surface area (Å²) in [5.74, 6) is -1.87. The van der Waals surface area contributed by atoms with Crippen molar-refractivity contribution in [1.29, 1.82) is 0 Å². The molecule has 132 valence electrons. The molecular formula is C16H21NO6S. The average molecular weight is 355 g/mol. The molecule has 0 saturated carbocycles. The van der Waals surface area contributed by atoms with Gasteiger partial charge in [-0.1, -0.05) is 12.2 Å². The number of ether oxygens (including phenoxy) is 1. The van der Waals surface area contributed by atoms with Crippen LogP contribution in [-0.4, -0.2) is 50.9 Å². The van der Waals surface area contributed by atoms with Gasteiger partial charge in [-0.2, -0.15) is 0 Å². The van der Waals surface area contributed by atoms with Gasteiger partial charge in [0.05, 0.1) is 17.3 Å². The number of methoxy groups -OCH3 is 1. The maximum atomic E-state index is 12.1. The molecule has 0 bridgehead atoms. The van der Waals surface area contributed by atoms with E-state index in [4.69, 9.17) is 9.84 Å². The number of nitrogens with one attached hydrogen (secondary N) is 1. The molecule has 8 heteroatoms. The van der Waals surface area contributed by atoms with Crippen LogP contribution in [0, 0.1) is 0 Å². The van der Waals surface area contributed by atoms with Crippen molar-refractivity contribution in [3.05, 3.63) is 42.0 Å². The molecular weight excluding hydrogens is 334 g/mol. The van der Waals surface area contributed by atoms with Gasteiger partial charge in [0, 0.05) is 12.7 Å². The van der Waals surface area contributed by atoms with E-state index in [1.54, 1.807) is 19.1 Å². The molecule has 0 fully saturated rings. The molecule has 0 saturated heterocycles. The minimum Gasteiger partial charge on any atom is -0.480 e. The fourth-order valence-corrected chi connectivity index (χ4v) is 3.03. The second-order valence-electron chi connectivity index (χ2n) is 5.01. The van der Waals surface area contributed by atoms with Gasteiger partial charge in [0.1, 0.15) is 6.04 Å². The van der Waals surface area contributed by atoms with Crippen LogP contribution in [0.25, 0.3) is 0 Å². The fourth-order valence-electron chi connectivity index (χ4n) is 1.86. The summed E-state index contributed by atoms with van der Waals surface area (Å²) >= 11 is 0. The number of carbonyl (C=O) groups excluding carboxylic acids is 1. The van der Waals surface area contributed by atoms with Gasteiger partial charge in [-0.3, -0.25) is 4.79 Å². The first kappa shape index (κ1) is 19.9. The molecule has 0 aliphatic heterocycles. The van der Waals surface area contributed by atoms with E-state index in [-0.39, 0.29) is 29.2 Å². The Bertz CT molecular complexity index is 694. The number of sulfone groups is 1. The molecule has 1 rings (SSSR count). The summed E-state index contributed by atoms with van der Waals surface area (Å²) in [7, 11) is -2.06. The first-order chi connectivity index (χ1) is 11.3. The number of amides is 1. The van der Waals surface area contributed by atoms with Gasteiger partial charge >= 0.3 is 5.97 Å². The molecule has 24 heavy (non-hydrogen) atoms. The zero-order valence-electron chi connectivity index (χ0n) is 13.6. The van der Waals surface area contributed by atoms with Crippen molar-refractivity contribution in [2.24, 2.45) is 0 Å². The number of carbonyl (C=O) groups is 2. The van der Waals surface area contributed by atoms with Crippen molar-refractivity contribution in [1.82, 2.24) is 5.32 Å². The number of carboxylic acid groups (broad SMARTS) is 1. The number of allylic oxidation sites excluding steroid dienone is 1. The molecule has 0 radical (unpaired) electrons. The Labute approximate surface area is 141 Å². The van der Waals surface area contributed by atoms with Crippen molar-refractivity contribution in [3.8, 4) is 0 Å². The van der Waals surface area contributed by atoms with Crippen molar-refractivity contribution >= 4 is 21.7 Å². The van der Waals surface area contributed by atoms with Gasteiger partial charge in [0.15, 0.2) is 9.84 Å². The van der Waals surface area contributed by atoms with Gasteiger partial charge in [-0.25, -0.2) is 13.2 Å². The minimum atomic E-state index is -3.47. The topological polar surface area (TPSA) is 110 Å². The van der Waals surface area contributed by atoms with Crippen molar-refractivity contribution in [2.75, 3.05) is 19.5 Å². The molecule has 0 spiro atoms. The lowest BCUT2D eigenvalue weighted by atomic mass is 10.1. The van der Waals surface area contributed by atoms with Crippen LogP contribution in [0.1, 0.15) is 23.7 Å². The second-order valence-corrected chi connectivity index (χ2v) is 7.11. The predicted octanol–water partition coefficient (Wildman–Crippen LogP) is 1.26. The Morgan fingerprint density at radius 2 is 1.92 bits per heavy atom. The van der Waals surface area contributed by atoms with Gasteiger partial charge in [0.25, 0.3) is 5.91 Å². The van der Waals surface area contributed by atoms with E-state index in [1.807, 2.05) is 0 Å². The molecule has 1 aromatic rings. The first-order valence-corrected chi connectivity index (χ1v) is 8.93. The first-order valence-electron chi connectivity index (χ1n) is 7.28. The van der Waals surface area contributed by atoms with Crippen LogP contribution in [0.15, 0.2) is 41.3 Å². The van der Waals surface area contributed by atoms with Crippen LogP contribution < -0.4 is 5.32 Å². The highest BCUT2D eigenvalue weighted by Gasteiger charge is 2.20. The molecule has 0 aromatic heterocycles. The SMILES string of the molecule is C/C=C/CC(NC(=O)c1ccc(S(=O)(=O)CCOC)cc1)C(=O)O. The summed E-state index contributed by atoms with van der Waals surface area (Å²) in [5.41, 5.74) is 0.187. The van der Waals surface area contributed by atoms with Crippen molar-refractivity contribution < 1.29 is 27.9 Å². The highest BCUT2D eigenvalue weighted by atomic mass is 32.2. The van der Waals surface area contributed by atoms with E-state index in [0.29, 0.717) is 0 Å². The fraction of sp³-hybridized carbons (Fsp3) is 0.375. The van der Waals surface area contributed by atoms with Crippen LogP contribution in [-0.2, 0) is 19.4 Å². The monoisotopic (exact) mass is 355 g/mol. The summed E-state index contributed by atoms with van der Waals surface area (Å²) in [6.07, 6.45) is 3.51. The number of aliphatic carboxylic acids is 1. The lowest BCUT2D eigenvalue weighted by Crippen LogP contribution is -2.40. The van der Waals surface area contributed by atoms with Crippen LogP contribution in [0.3, 0.4) is 0 Å². The van der Waals surface area contributed by atoms with Crippen LogP contribution in [0.5, 0.6) is 0 Å². The number of benzene rings is 1. The number of hydrogen-bond donors (Lipinski definition) is 2. The highest BCUT2D eigenvalue weighted by molar-refractivity contribution is 7.91. The number of rotatable bonds is 9. The summed E-state index contributed by atoms with van der Waals surface area (Å²) < 4.78 is 28.7. The number of carboxylic acids is 1. The quantitative estimate of drug-likeness (QED) is 0.645. The smallest absolute Gasteiger partial charge is 0.326 e. The Balaban J connectivity index is 2.84. The van der Waals surface area contributed by atoms with Gasteiger partial charge < -0.3 is 15.2 Å². The van der Waals surface area contributed by atoms with Gasteiger partial charge in [-0.05, 0) is 37.6 Å². The molecule has 2 N–H and O–H groups in total. The summed E-state index contributed by atoms with van der Waals surface area (Å²) in [6.45, 7) is 1.83. The zero-order valence-corrected chi connectivity index (χ0v) is 14.4. The lowest BCUT2D eigenvalue weighted by Gasteiger charge is -2.13. The summed E-state index contributed by atoms with van der Waals surface area (Å²) in [6, 6.07) is 4.30. The van der Waals surface area contributed by atoms with Crippen LogP contribution >= 0.6 is 0 Å². The van der Waals surface area contributed by atoms with E-state index in [2.05, 4.69) is 5.32 Å². The number of hydrogen-bond acceptors (Lipinski definition) is 5. The predicted molar refractivity (Wildman–Crippen MR) is 88.7 cm³/mol. The Morgan fingerprint density at radius 3 is 2.42 bits per heavy atom. The maximum absolute atomic E-state index is 12.1. The molecule has 0 aliphatic rings. The molecule has 0 heterocycles. The van der Waals surface area contributed by atoms with Crippen molar-refractivity contribution in [2.45, 2.75) is 24.3 Å². The molecule has 7 nitrogen and oxygen atoms in total. The van der Waals surface area contributed by atoms with E-state index in [9.17, 15) is 18.0 Å². The second kappa shape index (κ2) is 9.19. The Hall–Kier alpha value is -2.19. The summed E-state index contributed by atoms with van der Waals surface area (Å²) in [4.78, 5) is 23.3. The van der Waals surface area contributed by atoms with E-state index < -0.39 is 27.8 Å². The molecule has 1 unspecified atom stereocenters. The van der Waals surface area contributed by atoms with Crippen molar-refractivity contribution in [3.63, 3.8) is 0 Å². The Morgan fingerprint density at radius 1 is 1.29 bits per heavy atom. The van der Waals surface area contributed by atoms with Gasteiger partial charge in [-0.15, -0.1) is 0 Å². The largest absolute Gasteiger partial charge is 0.480 e. The van der Waals surface area contributed by atoms with E-state index >= 15 is 0 Å². The maximum Gasteiger partial charge on any atom is 0.326 e. The Kier molecular flexibility index (Phi) is 7.60. The highest BCUT2D eigenvalue weighted by Crippen LogP contribution is 2.13. The third-order valence-corrected chi connectivity index (χ3v) is 4.94. The average Bonchev–Trinajstić information content (AvgIpc) is 2.56. The zero-order chi connectivity index (χ0) is 18.2. The van der Waals surface area contributed by atoms with E-state index in [1.165, 1.54) is 31.4 Å². The van der Waals surface area contributed by atoms with E-state index in [0.717, 1.165) is 0 Å². The van der Waals surface area contributed by atoms with Crippen LogP contribution in [0.2, 0.25) is 0 Å². The lowest BCUT2D eigenvalue weighted by molar-refractivity contribution is -0.139. The molecule has 0 aliphatic carbocycles. The third-order valence-electron chi connectivity index (χ3n) is 3.24. The molecule has 1 amide bonds. The third kappa shape index (κ3) is 5.78. The van der Waals surface area contributed by atoms with Gasteiger partial charge in [0.2, 0.25) is 0 Å². The normalized spacial score (nSPS) is 12.9. The summed E-state index contributed by atoms with van der Waals surface area (Å²) in [5, 5.41) is 11.5. The molecule has 1 atom stereocenters. The minimum absolute atomic E-state index is 0.0792. The standard InChI is InChI=1S/C16H21NO6S/c1-3-4-5-14(16(19)20)17-15(18)12-6-8-13(9-7-12)24(21,22)11-10-23-2/h3-4,6-9,14H,5,10-11H2,1-2H3,(H,17,18)(H,19,20)/b4-3+. The van der Waals surface area contributed by atoms with Crippen LogP contribution in [0.4, 0.5) is 0 Å².